The summed E-state index contributed by atoms with van der Waals surface area (Å²) in [5.41, 5.74) is 0. The van der Waals surface area contributed by atoms with Gasteiger partial charge >= 0.3 is 39.5 Å². The molecule has 570 valence electrons. The van der Waals surface area contributed by atoms with E-state index in [1.54, 1.807) is 0 Å². The third kappa shape index (κ3) is 71.3. The number of aliphatic hydroxyl groups excluding tert-OH is 1. The van der Waals surface area contributed by atoms with E-state index in [-0.39, 0.29) is 25.7 Å². The fourth-order valence-corrected chi connectivity index (χ4v) is 11.1. The third-order valence-electron chi connectivity index (χ3n) is 15.3. The lowest BCUT2D eigenvalue weighted by molar-refractivity contribution is -0.161. The van der Waals surface area contributed by atoms with Gasteiger partial charge in [-0.25, -0.2) is 9.13 Å². The third-order valence-corrected chi connectivity index (χ3v) is 17.2. The molecule has 100 heavy (non-hydrogen) atoms. The summed E-state index contributed by atoms with van der Waals surface area (Å²) < 4.78 is 68.4. The lowest BCUT2D eigenvalue weighted by Gasteiger charge is -2.21. The summed E-state index contributed by atoms with van der Waals surface area (Å²) >= 11 is 0. The van der Waals surface area contributed by atoms with E-state index in [2.05, 4.69) is 161 Å². The molecule has 0 aliphatic rings. The predicted octanol–water partition coefficient (Wildman–Crippen LogP) is 21.9. The van der Waals surface area contributed by atoms with Gasteiger partial charge in [0, 0.05) is 25.7 Å². The van der Waals surface area contributed by atoms with Crippen molar-refractivity contribution in [2.24, 2.45) is 0 Å². The second-order valence-electron chi connectivity index (χ2n) is 24.8. The van der Waals surface area contributed by atoms with E-state index in [1.807, 2.05) is 12.2 Å². The standard InChI is InChI=1S/C81H134O17P2/c1-5-9-13-17-21-25-29-32-35-37-40-42-46-49-53-57-61-65-78(83)91-71-76(97-80(85)67-63-59-55-51-45-28-24-20-16-12-8-4)73-95-99(87,88)93-69-75(82)70-94-100(89,90)96-74-77(98-81(86)68-64-60-56-52-48-44-39-34-31-27-23-19-15-11-7-3)72-92-79(84)66-62-58-54-50-47-43-41-38-36-33-30-26-22-18-14-10-6-2/h9-11,13-15,20-27,32-36,39,41,43,50,54,75-77,82H,5-8,12,16-19,28-31,37-38,40,42,44-49,51-53,55-74H2,1-4H3,(H,87,88)(H,89,90)/b13-9-,14-10-,15-11-,24-20-,25-21-,26-22-,27-23-,35-32-,36-33-,39-34-,43-41-,54-50-. The van der Waals surface area contributed by atoms with Crippen molar-refractivity contribution in [1.82, 2.24) is 0 Å². The Morgan fingerprint density at radius 3 is 0.850 bits per heavy atom. The number of hydrogen-bond donors (Lipinski definition) is 3. The summed E-state index contributed by atoms with van der Waals surface area (Å²) in [6, 6.07) is 0. The average Bonchev–Trinajstić information content (AvgIpc) is 1.02. The Hall–Kier alpha value is -5.06. The quantitative estimate of drug-likeness (QED) is 0.0169. The van der Waals surface area contributed by atoms with Crippen molar-refractivity contribution in [3.8, 4) is 0 Å². The predicted molar refractivity (Wildman–Crippen MR) is 408 cm³/mol. The van der Waals surface area contributed by atoms with Crippen LogP contribution in [0.3, 0.4) is 0 Å². The van der Waals surface area contributed by atoms with Gasteiger partial charge in [0.2, 0.25) is 0 Å². The highest BCUT2D eigenvalue weighted by molar-refractivity contribution is 7.47. The maximum absolute atomic E-state index is 13.1. The molecule has 0 spiro atoms. The number of carbonyl (C=O) groups excluding carboxylic acids is 4. The van der Waals surface area contributed by atoms with Gasteiger partial charge in [0.15, 0.2) is 12.2 Å². The first-order chi connectivity index (χ1) is 48.7. The number of allylic oxidation sites excluding steroid dienone is 24. The minimum atomic E-state index is -5.00. The number of aliphatic hydroxyl groups is 1. The number of unbranched alkanes of at least 4 members (excludes halogenated alkanes) is 20. The Bertz CT molecular complexity index is 2470. The van der Waals surface area contributed by atoms with Crippen LogP contribution in [0.4, 0.5) is 0 Å². The topological polar surface area (TPSA) is 237 Å². The first-order valence-electron chi connectivity index (χ1n) is 38.1. The second kappa shape index (κ2) is 72.3. The highest BCUT2D eigenvalue weighted by Crippen LogP contribution is 2.45. The van der Waals surface area contributed by atoms with Crippen LogP contribution in [0, 0.1) is 0 Å². The largest absolute Gasteiger partial charge is 0.472 e. The summed E-state index contributed by atoms with van der Waals surface area (Å²) in [5, 5.41) is 10.6. The van der Waals surface area contributed by atoms with Gasteiger partial charge in [0.05, 0.1) is 26.4 Å². The number of rotatable bonds is 70. The summed E-state index contributed by atoms with van der Waals surface area (Å²) in [6.07, 6.45) is 81.4. The molecule has 0 aromatic carbocycles. The molecule has 0 fully saturated rings. The maximum Gasteiger partial charge on any atom is 0.472 e. The normalized spacial score (nSPS) is 14.8. The molecule has 0 aromatic heterocycles. The molecule has 0 aliphatic heterocycles. The number of esters is 4. The summed E-state index contributed by atoms with van der Waals surface area (Å²) in [6.45, 7) is 4.38. The molecule has 0 bridgehead atoms. The number of ether oxygens (including phenoxy) is 4. The van der Waals surface area contributed by atoms with Gasteiger partial charge in [0.1, 0.15) is 19.3 Å². The van der Waals surface area contributed by atoms with Crippen molar-refractivity contribution in [2.75, 3.05) is 39.6 Å². The lowest BCUT2D eigenvalue weighted by atomic mass is 10.1. The minimum absolute atomic E-state index is 0.0588. The fourth-order valence-electron chi connectivity index (χ4n) is 9.56. The molecule has 0 saturated heterocycles. The van der Waals surface area contributed by atoms with Crippen LogP contribution in [0.25, 0.3) is 0 Å². The van der Waals surface area contributed by atoms with Crippen LogP contribution in [0.15, 0.2) is 146 Å². The Labute approximate surface area is 605 Å². The minimum Gasteiger partial charge on any atom is -0.462 e. The van der Waals surface area contributed by atoms with Crippen LogP contribution in [0.2, 0.25) is 0 Å². The number of phosphoric ester groups is 2. The lowest BCUT2D eigenvalue weighted by Crippen LogP contribution is -2.30. The molecule has 0 heterocycles. The van der Waals surface area contributed by atoms with E-state index >= 15 is 0 Å². The molecule has 0 amide bonds. The van der Waals surface area contributed by atoms with Crippen LogP contribution in [-0.4, -0.2) is 96.7 Å². The molecule has 3 N–H and O–H groups in total. The summed E-state index contributed by atoms with van der Waals surface area (Å²) in [5.74, 6) is -2.29. The summed E-state index contributed by atoms with van der Waals surface area (Å²) in [4.78, 5) is 72.8. The fraction of sp³-hybridized carbons (Fsp3) is 0.654. The van der Waals surface area contributed by atoms with E-state index in [1.165, 1.54) is 12.8 Å². The number of hydrogen-bond acceptors (Lipinski definition) is 15. The van der Waals surface area contributed by atoms with E-state index in [9.17, 15) is 43.2 Å². The van der Waals surface area contributed by atoms with Crippen molar-refractivity contribution in [3.63, 3.8) is 0 Å². The van der Waals surface area contributed by atoms with E-state index in [0.717, 1.165) is 186 Å². The van der Waals surface area contributed by atoms with Gasteiger partial charge in [0.25, 0.3) is 0 Å². The molecule has 19 heteroatoms. The van der Waals surface area contributed by atoms with Crippen LogP contribution in [0.5, 0.6) is 0 Å². The van der Waals surface area contributed by atoms with Crippen LogP contribution in [-0.2, 0) is 65.4 Å². The van der Waals surface area contributed by atoms with Crippen LogP contribution >= 0.6 is 15.6 Å². The first-order valence-corrected chi connectivity index (χ1v) is 41.1. The van der Waals surface area contributed by atoms with Gasteiger partial charge in [-0.05, 0) is 148 Å². The SMILES string of the molecule is CC/C=C\C/C=C\C/C=C\C/C=C\C/C=C\CCCC(=O)OCC(COP(=O)(O)OCC(O)COP(=O)(O)OCC(COC(=O)CCCCCCCCC/C=C\C/C=C\C/C=C\CC)OC(=O)CCCCCCC/C=C\CCCC)OC(=O)CCCCCCC/C=C\C/C=C\C/C=C\CC. The Balaban J connectivity index is 5.40. The molecule has 17 nitrogen and oxygen atoms in total. The molecule has 5 unspecified atom stereocenters. The Kier molecular flexibility index (Phi) is 68.6. The smallest absolute Gasteiger partial charge is 0.462 e. The van der Waals surface area contributed by atoms with Crippen molar-refractivity contribution in [2.45, 2.75) is 303 Å². The summed E-state index contributed by atoms with van der Waals surface area (Å²) in [7, 11) is -9.98. The molecule has 0 radical (unpaired) electrons. The number of carbonyl (C=O) groups is 4. The van der Waals surface area contributed by atoms with E-state index in [0.29, 0.717) is 32.1 Å². The second-order valence-corrected chi connectivity index (χ2v) is 27.7. The van der Waals surface area contributed by atoms with E-state index in [4.69, 9.17) is 37.0 Å². The van der Waals surface area contributed by atoms with Crippen molar-refractivity contribution >= 4 is 39.5 Å². The van der Waals surface area contributed by atoms with Gasteiger partial charge in [-0.1, -0.05) is 257 Å². The first kappa shape index (κ1) is 94.9. The highest BCUT2D eigenvalue weighted by Gasteiger charge is 2.30. The number of phosphoric acid groups is 2. The van der Waals surface area contributed by atoms with Crippen LogP contribution < -0.4 is 0 Å². The average molecular weight is 1440 g/mol. The monoisotopic (exact) mass is 1440 g/mol. The molecule has 0 rings (SSSR count). The van der Waals surface area contributed by atoms with Gasteiger partial charge in [-0.15, -0.1) is 0 Å². The molecule has 5 atom stereocenters. The molecule has 0 saturated carbocycles. The molecular weight excluding hydrogens is 1310 g/mol. The Morgan fingerprint density at radius 2 is 0.530 bits per heavy atom. The van der Waals surface area contributed by atoms with Gasteiger partial charge in [-0.2, -0.15) is 0 Å². The molecular formula is C81H134O17P2. The Morgan fingerprint density at radius 1 is 0.290 bits per heavy atom. The van der Waals surface area contributed by atoms with E-state index < -0.39 is 97.5 Å². The zero-order valence-corrected chi connectivity index (χ0v) is 63.9. The van der Waals surface area contributed by atoms with Gasteiger partial charge < -0.3 is 33.8 Å². The molecule has 0 aliphatic carbocycles. The van der Waals surface area contributed by atoms with Gasteiger partial charge in [-0.3, -0.25) is 37.3 Å². The maximum atomic E-state index is 13.1. The zero-order valence-electron chi connectivity index (χ0n) is 62.1. The molecule has 0 aromatic rings. The van der Waals surface area contributed by atoms with Crippen molar-refractivity contribution in [1.29, 1.82) is 0 Å². The zero-order chi connectivity index (χ0) is 73.2. The van der Waals surface area contributed by atoms with Crippen LogP contribution in [0.1, 0.15) is 285 Å². The highest BCUT2D eigenvalue weighted by atomic mass is 31.2. The van der Waals surface area contributed by atoms with Crippen molar-refractivity contribution in [3.05, 3.63) is 146 Å². The van der Waals surface area contributed by atoms with Crippen molar-refractivity contribution < 1.29 is 80.2 Å².